The van der Waals surface area contributed by atoms with Crippen molar-refractivity contribution in [3.8, 4) is 0 Å². The zero-order chi connectivity index (χ0) is 52.6. The summed E-state index contributed by atoms with van der Waals surface area (Å²) in [4.78, 5) is 5.13. The molecule has 1 atom stereocenters. The molecule has 3 aromatic carbocycles. The van der Waals surface area contributed by atoms with Crippen LogP contribution in [0.15, 0.2) is 98.1 Å². The standard InChI is InChI=1S/C38H49N.C13H16.2C9H20/c1-9-12-17-32(10-2)18-16-21-36(38-26-34(24-22-28(38)5)33-19-14-13-15-20-33)30(7)39-31(8)37-25-23-27(4)29(6)35(37)11-3;1-6-12-11(5)10(4)7-8-13(12)9(2)3;2*1-4-7-8-9(5-2)6-3/h11,14,19-26,32H,3,8-10,12-13,15-18H2,1-2,4-7H3;6-8H,1-2H2,3-5H3;2*9H,4-8H2,1-3H3/b36-21-,39-30?;;;. The Kier molecular flexibility index (Phi) is 33.1. The SMILES string of the molecule is C=Cc1c(C(=C)C)ccc(C)c1C.C=Cc1c(C(=C)N=C(C)/C(=C/CCC(CC)CCCC)c2cc(C3=CCCC=C3)ccc2C)ccc(C)c1C.CCCCC(CC)CC.CCCCC(CC)CC. The Hall–Kier alpha value is -4.49. The van der Waals surface area contributed by atoms with Crippen LogP contribution in [0.4, 0.5) is 0 Å². The van der Waals surface area contributed by atoms with Crippen LogP contribution in [0.5, 0.6) is 0 Å². The second-order valence-electron chi connectivity index (χ2n) is 20.2. The predicted octanol–water partition coefficient (Wildman–Crippen LogP) is 22.7. The van der Waals surface area contributed by atoms with Gasteiger partial charge in [0.05, 0.1) is 5.70 Å². The van der Waals surface area contributed by atoms with Gasteiger partial charge in [0.15, 0.2) is 0 Å². The molecule has 4 rings (SSSR count). The molecule has 0 amide bonds. The Bertz CT molecular complexity index is 2130. The first-order valence-electron chi connectivity index (χ1n) is 28.1. The fourth-order valence-corrected chi connectivity index (χ4v) is 9.41. The van der Waals surface area contributed by atoms with Gasteiger partial charge in [0.2, 0.25) is 0 Å². The summed E-state index contributed by atoms with van der Waals surface area (Å²) in [6.45, 7) is 49.5. The van der Waals surface area contributed by atoms with Crippen LogP contribution >= 0.6 is 0 Å². The number of aryl methyl sites for hydroxylation is 3. The number of unbranched alkanes of at least 4 members (excludes halogenated alkanes) is 3. The van der Waals surface area contributed by atoms with Gasteiger partial charge >= 0.3 is 0 Å². The first-order chi connectivity index (χ1) is 33.6. The molecule has 0 saturated heterocycles. The summed E-state index contributed by atoms with van der Waals surface area (Å²) in [5.41, 5.74) is 19.0. The van der Waals surface area contributed by atoms with Crippen molar-refractivity contribution >= 4 is 40.3 Å². The number of benzene rings is 3. The van der Waals surface area contributed by atoms with E-state index in [0.29, 0.717) is 0 Å². The Morgan fingerprint density at radius 1 is 0.571 bits per heavy atom. The highest BCUT2D eigenvalue weighted by Gasteiger charge is 2.15. The lowest BCUT2D eigenvalue weighted by Crippen LogP contribution is -2.03. The monoisotopic (exact) mass is 948 g/mol. The molecule has 0 aliphatic heterocycles. The van der Waals surface area contributed by atoms with Crippen LogP contribution in [0.3, 0.4) is 0 Å². The number of hydrogen-bond donors (Lipinski definition) is 0. The predicted molar refractivity (Wildman–Crippen MR) is 324 cm³/mol. The van der Waals surface area contributed by atoms with E-state index in [1.54, 1.807) is 0 Å². The van der Waals surface area contributed by atoms with E-state index in [9.17, 15) is 0 Å². The molecule has 70 heavy (non-hydrogen) atoms. The average molecular weight is 949 g/mol. The van der Waals surface area contributed by atoms with E-state index in [2.05, 4.69) is 190 Å². The van der Waals surface area contributed by atoms with E-state index in [0.717, 1.165) is 65.1 Å². The van der Waals surface area contributed by atoms with Crippen molar-refractivity contribution in [1.82, 2.24) is 0 Å². The summed E-state index contributed by atoms with van der Waals surface area (Å²) in [5.74, 6) is 2.79. The van der Waals surface area contributed by atoms with Crippen LogP contribution in [-0.4, -0.2) is 5.71 Å². The second kappa shape index (κ2) is 36.4. The third-order valence-electron chi connectivity index (χ3n) is 15.0. The number of allylic oxidation sites excluding steroid dienone is 7. The van der Waals surface area contributed by atoms with Crippen molar-refractivity contribution in [3.05, 3.63) is 154 Å². The highest BCUT2D eigenvalue weighted by molar-refractivity contribution is 6.24. The van der Waals surface area contributed by atoms with E-state index < -0.39 is 0 Å². The van der Waals surface area contributed by atoms with Crippen molar-refractivity contribution in [2.75, 3.05) is 0 Å². The van der Waals surface area contributed by atoms with E-state index in [4.69, 9.17) is 4.99 Å². The third-order valence-corrected chi connectivity index (χ3v) is 15.0. The lowest BCUT2D eigenvalue weighted by atomic mass is 9.89. The van der Waals surface area contributed by atoms with Gasteiger partial charge in [-0.25, -0.2) is 0 Å². The van der Waals surface area contributed by atoms with Crippen LogP contribution in [0, 0.1) is 52.4 Å². The average Bonchev–Trinajstić information content (AvgIpc) is 3.37. The molecule has 0 saturated carbocycles. The summed E-state index contributed by atoms with van der Waals surface area (Å²) in [6.07, 6.45) is 36.8. The van der Waals surface area contributed by atoms with Crippen LogP contribution in [0.1, 0.15) is 246 Å². The molecule has 1 nitrogen and oxygen atoms in total. The highest BCUT2D eigenvalue weighted by atomic mass is 14.8. The van der Waals surface area contributed by atoms with Gasteiger partial charge < -0.3 is 0 Å². The van der Waals surface area contributed by atoms with Gasteiger partial charge in [-0.1, -0.05) is 250 Å². The fourth-order valence-electron chi connectivity index (χ4n) is 9.41. The summed E-state index contributed by atoms with van der Waals surface area (Å²) in [6, 6.07) is 15.4. The smallest absolute Gasteiger partial charge is 0.0639 e. The lowest BCUT2D eigenvalue weighted by molar-refractivity contribution is 0.425. The molecular weight excluding hydrogens is 843 g/mol. The second-order valence-corrected chi connectivity index (χ2v) is 20.2. The van der Waals surface area contributed by atoms with Crippen LogP contribution < -0.4 is 0 Å². The van der Waals surface area contributed by atoms with E-state index >= 15 is 0 Å². The topological polar surface area (TPSA) is 12.4 Å². The third kappa shape index (κ3) is 21.9. The normalized spacial score (nSPS) is 12.8. The minimum Gasteiger partial charge on any atom is -0.253 e. The number of rotatable bonds is 25. The summed E-state index contributed by atoms with van der Waals surface area (Å²) >= 11 is 0. The zero-order valence-electron chi connectivity index (χ0n) is 48.2. The van der Waals surface area contributed by atoms with Crippen molar-refractivity contribution in [2.24, 2.45) is 22.7 Å². The van der Waals surface area contributed by atoms with Gasteiger partial charge in [-0.05, 0) is 165 Å². The quantitative estimate of drug-likeness (QED) is 0.0751. The molecule has 0 N–H and O–H groups in total. The number of aliphatic imine (C=N–C) groups is 1. The minimum absolute atomic E-state index is 0.783. The van der Waals surface area contributed by atoms with Gasteiger partial charge in [-0.3, -0.25) is 4.99 Å². The van der Waals surface area contributed by atoms with Crippen molar-refractivity contribution in [3.63, 3.8) is 0 Å². The molecule has 0 fully saturated rings. The maximum atomic E-state index is 5.13. The van der Waals surface area contributed by atoms with Crippen LogP contribution in [0.25, 0.3) is 34.6 Å². The Labute approximate surface area is 434 Å². The first-order valence-corrected chi connectivity index (χ1v) is 28.1. The molecule has 1 heteroatoms. The van der Waals surface area contributed by atoms with E-state index in [1.807, 2.05) is 19.1 Å². The van der Waals surface area contributed by atoms with Crippen LogP contribution in [0.2, 0.25) is 0 Å². The molecule has 0 heterocycles. The largest absolute Gasteiger partial charge is 0.253 e. The Balaban J connectivity index is 0.000000635. The molecular formula is C69H105N. The zero-order valence-corrected chi connectivity index (χ0v) is 48.2. The summed E-state index contributed by atoms with van der Waals surface area (Å²) < 4.78 is 0. The molecule has 1 unspecified atom stereocenters. The van der Waals surface area contributed by atoms with Gasteiger partial charge in [0.25, 0.3) is 0 Å². The molecule has 3 aromatic rings. The van der Waals surface area contributed by atoms with Gasteiger partial charge in [-0.15, -0.1) is 0 Å². The molecule has 1 aliphatic carbocycles. The van der Waals surface area contributed by atoms with Crippen LogP contribution in [-0.2, 0) is 0 Å². The Morgan fingerprint density at radius 2 is 1.04 bits per heavy atom. The highest BCUT2D eigenvalue weighted by Crippen LogP contribution is 2.32. The van der Waals surface area contributed by atoms with Gasteiger partial charge in [-0.2, -0.15) is 0 Å². The van der Waals surface area contributed by atoms with Gasteiger partial charge in [0.1, 0.15) is 0 Å². The van der Waals surface area contributed by atoms with Crippen molar-refractivity contribution in [1.29, 1.82) is 0 Å². The lowest BCUT2D eigenvalue weighted by Gasteiger charge is -2.17. The maximum absolute atomic E-state index is 5.13. The van der Waals surface area contributed by atoms with Crippen molar-refractivity contribution < 1.29 is 0 Å². The molecule has 0 radical (unpaired) electrons. The molecule has 0 bridgehead atoms. The fraction of sp³-hybridized carbons (Fsp3) is 0.522. The Morgan fingerprint density at radius 3 is 1.49 bits per heavy atom. The van der Waals surface area contributed by atoms with E-state index in [-0.39, 0.29) is 0 Å². The number of hydrogen-bond acceptors (Lipinski definition) is 1. The van der Waals surface area contributed by atoms with Crippen molar-refractivity contribution in [2.45, 2.75) is 219 Å². The summed E-state index contributed by atoms with van der Waals surface area (Å²) in [7, 11) is 0. The van der Waals surface area contributed by atoms with E-state index in [1.165, 1.54) is 158 Å². The number of nitrogens with zero attached hydrogens (tertiary/aromatic N) is 1. The minimum atomic E-state index is 0.783. The molecule has 0 spiro atoms. The molecule has 0 aromatic heterocycles. The summed E-state index contributed by atoms with van der Waals surface area (Å²) in [5, 5.41) is 0. The molecule has 386 valence electrons. The molecule has 1 aliphatic rings. The maximum Gasteiger partial charge on any atom is 0.0639 e. The van der Waals surface area contributed by atoms with Gasteiger partial charge in [0, 0.05) is 11.3 Å². The first kappa shape index (κ1) is 63.5.